The van der Waals surface area contributed by atoms with Gasteiger partial charge in [0.25, 0.3) is 0 Å². The number of aromatic nitrogens is 1. The van der Waals surface area contributed by atoms with E-state index >= 15 is 0 Å². The maximum atomic E-state index is 13.1. The third-order valence-corrected chi connectivity index (χ3v) is 4.03. The van der Waals surface area contributed by atoms with Crippen molar-refractivity contribution in [1.29, 1.82) is 0 Å². The van der Waals surface area contributed by atoms with Gasteiger partial charge in [0.05, 0.1) is 12.8 Å². The summed E-state index contributed by atoms with van der Waals surface area (Å²) >= 11 is 1.95. The molecular formula is C12H17FN2OS. The standard InChI is InChI=1S/C12H17FN2OS/c1-8-5-15(6-9(2)17-8)12-10(7-16)3-11(13)4-14-12/h3-4,8-9,16H,5-7H2,1-2H3. The Morgan fingerprint density at radius 3 is 2.71 bits per heavy atom. The van der Waals surface area contributed by atoms with Gasteiger partial charge in [-0.2, -0.15) is 11.8 Å². The molecule has 2 atom stereocenters. The number of halogens is 1. The van der Waals surface area contributed by atoms with Gasteiger partial charge in [-0.1, -0.05) is 13.8 Å². The highest BCUT2D eigenvalue weighted by Crippen LogP contribution is 2.29. The summed E-state index contributed by atoms with van der Waals surface area (Å²) < 4.78 is 13.1. The van der Waals surface area contributed by atoms with Crippen molar-refractivity contribution >= 4 is 17.6 Å². The summed E-state index contributed by atoms with van der Waals surface area (Å²) in [5.74, 6) is 0.318. The average Bonchev–Trinajstić information content (AvgIpc) is 2.27. The Morgan fingerprint density at radius 2 is 2.12 bits per heavy atom. The van der Waals surface area contributed by atoms with Gasteiger partial charge in [-0.25, -0.2) is 9.37 Å². The van der Waals surface area contributed by atoms with Crippen LogP contribution >= 0.6 is 11.8 Å². The molecule has 5 heteroatoms. The van der Waals surface area contributed by atoms with Crippen LogP contribution in [0.25, 0.3) is 0 Å². The van der Waals surface area contributed by atoms with Crippen molar-refractivity contribution in [2.24, 2.45) is 0 Å². The van der Waals surface area contributed by atoms with Crippen molar-refractivity contribution in [2.75, 3.05) is 18.0 Å². The van der Waals surface area contributed by atoms with Gasteiger partial charge in [-0.15, -0.1) is 0 Å². The zero-order chi connectivity index (χ0) is 12.4. The Hall–Kier alpha value is -0.810. The molecule has 1 N–H and O–H groups in total. The third-order valence-electron chi connectivity index (χ3n) is 2.80. The van der Waals surface area contributed by atoms with Crippen LogP contribution in [0.15, 0.2) is 12.3 Å². The molecule has 2 rings (SSSR count). The molecule has 2 heterocycles. The Kier molecular flexibility index (Phi) is 3.89. The van der Waals surface area contributed by atoms with Crippen molar-refractivity contribution in [3.8, 4) is 0 Å². The zero-order valence-electron chi connectivity index (χ0n) is 10.1. The second-order valence-corrected chi connectivity index (χ2v) is 6.34. The first-order chi connectivity index (χ1) is 8.10. The van der Waals surface area contributed by atoms with Crippen LogP contribution in [0.1, 0.15) is 19.4 Å². The summed E-state index contributed by atoms with van der Waals surface area (Å²) in [6.07, 6.45) is 1.21. The van der Waals surface area contributed by atoms with Gasteiger partial charge in [-0.05, 0) is 6.07 Å². The van der Waals surface area contributed by atoms with Crippen molar-refractivity contribution in [3.05, 3.63) is 23.6 Å². The minimum atomic E-state index is -0.398. The molecule has 0 aliphatic carbocycles. The molecule has 0 amide bonds. The highest BCUT2D eigenvalue weighted by Gasteiger charge is 2.24. The Labute approximate surface area is 105 Å². The van der Waals surface area contributed by atoms with Crippen LogP contribution < -0.4 is 4.90 Å². The minimum Gasteiger partial charge on any atom is -0.392 e. The number of pyridine rings is 1. The minimum absolute atomic E-state index is 0.174. The van der Waals surface area contributed by atoms with E-state index in [2.05, 4.69) is 23.7 Å². The molecule has 0 spiro atoms. The number of aliphatic hydroxyl groups is 1. The van der Waals surface area contributed by atoms with E-state index in [9.17, 15) is 9.50 Å². The van der Waals surface area contributed by atoms with Gasteiger partial charge in [-0.3, -0.25) is 0 Å². The molecule has 1 aromatic heterocycles. The molecule has 1 fully saturated rings. The number of rotatable bonds is 2. The number of hydrogen-bond acceptors (Lipinski definition) is 4. The fourth-order valence-corrected chi connectivity index (χ4v) is 3.55. The molecule has 2 unspecified atom stereocenters. The number of nitrogens with zero attached hydrogens (tertiary/aromatic N) is 2. The van der Waals surface area contributed by atoms with Crippen molar-refractivity contribution in [1.82, 2.24) is 4.98 Å². The van der Waals surface area contributed by atoms with Crippen LogP contribution in [-0.2, 0) is 6.61 Å². The van der Waals surface area contributed by atoms with Crippen LogP contribution in [0.4, 0.5) is 10.2 Å². The van der Waals surface area contributed by atoms with E-state index in [4.69, 9.17) is 0 Å². The second kappa shape index (κ2) is 5.23. The van der Waals surface area contributed by atoms with Gasteiger partial charge in [0.1, 0.15) is 11.6 Å². The summed E-state index contributed by atoms with van der Waals surface area (Å²) in [6, 6.07) is 1.36. The fraction of sp³-hybridized carbons (Fsp3) is 0.583. The molecule has 0 bridgehead atoms. The van der Waals surface area contributed by atoms with E-state index in [1.807, 2.05) is 11.8 Å². The number of aliphatic hydroxyl groups excluding tert-OH is 1. The summed E-state index contributed by atoms with van der Waals surface area (Å²) in [5, 5.41) is 10.3. The summed E-state index contributed by atoms with van der Waals surface area (Å²) in [5.41, 5.74) is 0.566. The third kappa shape index (κ3) is 2.90. The molecule has 0 radical (unpaired) electrons. The largest absolute Gasteiger partial charge is 0.392 e. The van der Waals surface area contributed by atoms with Gasteiger partial charge < -0.3 is 10.0 Å². The van der Waals surface area contributed by atoms with Crippen LogP contribution in [-0.4, -0.2) is 33.7 Å². The molecule has 0 saturated carbocycles. The maximum absolute atomic E-state index is 13.1. The fourth-order valence-electron chi connectivity index (χ4n) is 2.23. The van der Waals surface area contributed by atoms with Crippen molar-refractivity contribution in [3.63, 3.8) is 0 Å². The van der Waals surface area contributed by atoms with Crippen molar-refractivity contribution in [2.45, 2.75) is 31.0 Å². The molecule has 0 aromatic carbocycles. The van der Waals surface area contributed by atoms with Gasteiger partial charge in [0.15, 0.2) is 0 Å². The summed E-state index contributed by atoms with van der Waals surface area (Å²) in [4.78, 5) is 6.26. The van der Waals surface area contributed by atoms with Crippen LogP contribution in [0.5, 0.6) is 0 Å². The second-order valence-electron chi connectivity index (χ2n) is 4.46. The predicted octanol–water partition coefficient (Wildman–Crippen LogP) is 2.04. The molecular weight excluding hydrogens is 239 g/mol. The van der Waals surface area contributed by atoms with Gasteiger partial charge >= 0.3 is 0 Å². The molecule has 3 nitrogen and oxygen atoms in total. The van der Waals surface area contributed by atoms with E-state index < -0.39 is 5.82 Å². The number of anilines is 1. The molecule has 1 saturated heterocycles. The topological polar surface area (TPSA) is 36.4 Å². The van der Waals surface area contributed by atoms with E-state index in [0.29, 0.717) is 21.9 Å². The number of hydrogen-bond donors (Lipinski definition) is 1. The van der Waals surface area contributed by atoms with Crippen molar-refractivity contribution < 1.29 is 9.50 Å². The highest BCUT2D eigenvalue weighted by molar-refractivity contribution is 8.00. The lowest BCUT2D eigenvalue weighted by molar-refractivity contribution is 0.281. The zero-order valence-corrected chi connectivity index (χ0v) is 10.9. The predicted molar refractivity (Wildman–Crippen MR) is 68.8 cm³/mol. The first-order valence-electron chi connectivity index (χ1n) is 5.76. The highest BCUT2D eigenvalue weighted by atomic mass is 32.2. The molecule has 1 aliphatic rings. The van der Waals surface area contributed by atoms with Gasteiger partial charge in [0, 0.05) is 29.2 Å². The molecule has 17 heavy (non-hydrogen) atoms. The van der Waals surface area contributed by atoms with E-state index in [0.717, 1.165) is 13.1 Å². The van der Waals surface area contributed by atoms with Crippen LogP contribution in [0.2, 0.25) is 0 Å². The quantitative estimate of drug-likeness (QED) is 0.878. The summed E-state index contributed by atoms with van der Waals surface area (Å²) in [6.45, 7) is 5.96. The maximum Gasteiger partial charge on any atom is 0.142 e. The normalized spacial score (nSPS) is 25.1. The molecule has 1 aliphatic heterocycles. The van der Waals surface area contributed by atoms with Gasteiger partial charge in [0.2, 0.25) is 0 Å². The Balaban J connectivity index is 2.26. The molecule has 1 aromatic rings. The van der Waals surface area contributed by atoms with Crippen LogP contribution in [0, 0.1) is 5.82 Å². The first kappa shape index (κ1) is 12.6. The van der Waals surface area contributed by atoms with E-state index in [1.165, 1.54) is 12.3 Å². The Morgan fingerprint density at radius 1 is 1.47 bits per heavy atom. The van der Waals surface area contributed by atoms with E-state index in [1.54, 1.807) is 0 Å². The lowest BCUT2D eigenvalue weighted by atomic mass is 10.2. The van der Waals surface area contributed by atoms with Crippen LogP contribution in [0.3, 0.4) is 0 Å². The SMILES string of the molecule is CC1CN(c2ncc(F)cc2CO)CC(C)S1. The smallest absolute Gasteiger partial charge is 0.142 e. The lowest BCUT2D eigenvalue weighted by Crippen LogP contribution is -2.41. The summed E-state index contributed by atoms with van der Waals surface area (Å²) in [7, 11) is 0. The Bertz CT molecular complexity index is 392. The number of thioether (sulfide) groups is 1. The lowest BCUT2D eigenvalue weighted by Gasteiger charge is -2.36. The monoisotopic (exact) mass is 256 g/mol. The molecule has 94 valence electrons. The first-order valence-corrected chi connectivity index (χ1v) is 6.70. The average molecular weight is 256 g/mol. The van der Waals surface area contributed by atoms with E-state index in [-0.39, 0.29) is 6.61 Å².